The van der Waals surface area contributed by atoms with Crippen LogP contribution in [0, 0.1) is 10.1 Å². The molecule has 2 aromatic heterocycles. The molecule has 26 heavy (non-hydrogen) atoms. The summed E-state index contributed by atoms with van der Waals surface area (Å²) >= 11 is 0. The fourth-order valence-electron chi connectivity index (χ4n) is 3.06. The average Bonchev–Trinajstić information content (AvgIpc) is 2.96. The Morgan fingerprint density at radius 3 is 2.65 bits per heavy atom. The highest BCUT2D eigenvalue weighted by atomic mass is 16.6. The zero-order valence-corrected chi connectivity index (χ0v) is 14.5. The van der Waals surface area contributed by atoms with Crippen LogP contribution in [-0.2, 0) is 13.6 Å². The van der Waals surface area contributed by atoms with Gasteiger partial charge in [-0.3, -0.25) is 10.1 Å². The highest BCUT2D eigenvalue weighted by Crippen LogP contribution is 2.23. The highest BCUT2D eigenvalue weighted by Gasteiger charge is 2.12. The largest absolute Gasteiger partial charge is 0.352 e. The Morgan fingerprint density at radius 1 is 1.08 bits per heavy atom. The monoisotopic (exact) mass is 347 g/mol. The molecule has 0 aliphatic carbocycles. The number of aryl methyl sites for hydroxylation is 1. The van der Waals surface area contributed by atoms with Crippen molar-refractivity contribution in [1.29, 1.82) is 0 Å². The number of fused-ring (bicyclic) bond motifs is 2. The van der Waals surface area contributed by atoms with Gasteiger partial charge in [0.25, 0.3) is 5.69 Å². The molecule has 7 heteroatoms. The number of nitro groups is 1. The standard InChI is InChI=1S/C19H17N5O2/c1-22(12-19-21-16-5-3-4-6-17(16)23(19)2)18-10-7-13-11-14(24(25)26)8-9-15(13)20-18/h3-11H,12H2,1-2H3. The molecular weight excluding hydrogens is 330 g/mol. The summed E-state index contributed by atoms with van der Waals surface area (Å²) in [5.74, 6) is 1.73. The first-order valence-corrected chi connectivity index (χ1v) is 8.19. The smallest absolute Gasteiger partial charge is 0.270 e. The molecule has 0 saturated heterocycles. The van der Waals surface area contributed by atoms with Gasteiger partial charge >= 0.3 is 0 Å². The zero-order chi connectivity index (χ0) is 18.3. The molecule has 0 unspecified atom stereocenters. The number of aromatic nitrogens is 3. The van der Waals surface area contributed by atoms with E-state index < -0.39 is 4.92 Å². The maximum atomic E-state index is 10.9. The number of non-ortho nitro benzene ring substituents is 1. The van der Waals surface area contributed by atoms with Crippen molar-refractivity contribution in [1.82, 2.24) is 14.5 Å². The van der Waals surface area contributed by atoms with Gasteiger partial charge in [-0.2, -0.15) is 0 Å². The third-order valence-corrected chi connectivity index (χ3v) is 4.52. The van der Waals surface area contributed by atoms with Crippen LogP contribution in [0.1, 0.15) is 5.82 Å². The van der Waals surface area contributed by atoms with E-state index in [1.807, 2.05) is 55.4 Å². The predicted molar refractivity (Wildman–Crippen MR) is 101 cm³/mol. The van der Waals surface area contributed by atoms with Gasteiger partial charge in [-0.05, 0) is 30.3 Å². The Bertz CT molecular complexity index is 1140. The molecule has 7 nitrogen and oxygen atoms in total. The molecule has 0 radical (unpaired) electrons. The van der Waals surface area contributed by atoms with E-state index in [0.29, 0.717) is 6.54 Å². The van der Waals surface area contributed by atoms with Crippen molar-refractivity contribution in [2.45, 2.75) is 6.54 Å². The maximum Gasteiger partial charge on any atom is 0.270 e. The summed E-state index contributed by atoms with van der Waals surface area (Å²) in [6.07, 6.45) is 0. The van der Waals surface area contributed by atoms with Gasteiger partial charge in [0.05, 0.1) is 28.0 Å². The average molecular weight is 347 g/mol. The first kappa shape index (κ1) is 16.0. The number of hydrogen-bond donors (Lipinski definition) is 0. The van der Waals surface area contributed by atoms with E-state index in [0.717, 1.165) is 33.6 Å². The summed E-state index contributed by atoms with van der Waals surface area (Å²) in [4.78, 5) is 21.8. The van der Waals surface area contributed by atoms with E-state index in [4.69, 9.17) is 0 Å². The van der Waals surface area contributed by atoms with Crippen molar-refractivity contribution in [3.63, 3.8) is 0 Å². The molecule has 130 valence electrons. The van der Waals surface area contributed by atoms with Gasteiger partial charge in [-0.15, -0.1) is 0 Å². The Morgan fingerprint density at radius 2 is 1.88 bits per heavy atom. The fraction of sp³-hybridized carbons (Fsp3) is 0.158. The van der Waals surface area contributed by atoms with Crippen LogP contribution in [0.25, 0.3) is 21.9 Å². The Labute approximate surface area is 149 Å². The van der Waals surface area contributed by atoms with E-state index in [-0.39, 0.29) is 5.69 Å². The number of rotatable bonds is 4. The van der Waals surface area contributed by atoms with Crippen molar-refractivity contribution >= 4 is 33.4 Å². The highest BCUT2D eigenvalue weighted by molar-refractivity contribution is 5.82. The molecule has 0 amide bonds. The molecule has 0 saturated carbocycles. The molecule has 0 N–H and O–H groups in total. The summed E-state index contributed by atoms with van der Waals surface area (Å²) in [6, 6.07) is 16.5. The number of anilines is 1. The quantitative estimate of drug-likeness (QED) is 0.416. The molecule has 0 fully saturated rings. The number of benzene rings is 2. The van der Waals surface area contributed by atoms with Crippen LogP contribution in [0.3, 0.4) is 0 Å². The van der Waals surface area contributed by atoms with Crippen LogP contribution in [0.15, 0.2) is 54.6 Å². The second kappa shape index (κ2) is 6.11. The minimum absolute atomic E-state index is 0.0695. The molecule has 0 aliphatic heterocycles. The molecule has 0 bridgehead atoms. The Hall–Kier alpha value is -3.48. The summed E-state index contributed by atoms with van der Waals surface area (Å²) in [7, 11) is 3.96. The molecule has 0 aliphatic rings. The normalized spacial score (nSPS) is 11.2. The van der Waals surface area contributed by atoms with Crippen molar-refractivity contribution < 1.29 is 4.92 Å². The second-order valence-corrected chi connectivity index (χ2v) is 6.24. The SMILES string of the molecule is CN(Cc1nc2ccccc2n1C)c1ccc2cc([N+](=O)[O-])ccc2n1. The summed E-state index contributed by atoms with van der Waals surface area (Å²) < 4.78 is 2.08. The van der Waals surface area contributed by atoms with E-state index in [2.05, 4.69) is 14.5 Å². The number of para-hydroxylation sites is 2. The van der Waals surface area contributed by atoms with Crippen LogP contribution < -0.4 is 4.90 Å². The minimum Gasteiger partial charge on any atom is -0.352 e. The summed E-state index contributed by atoms with van der Waals surface area (Å²) in [6.45, 7) is 0.608. The molecule has 2 heterocycles. The summed E-state index contributed by atoms with van der Waals surface area (Å²) in [5.41, 5.74) is 2.86. The Kier molecular flexibility index (Phi) is 3.76. The molecule has 4 rings (SSSR count). The molecular formula is C19H17N5O2. The van der Waals surface area contributed by atoms with Gasteiger partial charge in [-0.1, -0.05) is 12.1 Å². The van der Waals surface area contributed by atoms with E-state index in [9.17, 15) is 10.1 Å². The Balaban J connectivity index is 1.64. The lowest BCUT2D eigenvalue weighted by molar-refractivity contribution is -0.384. The van der Waals surface area contributed by atoms with Crippen molar-refractivity contribution in [3.8, 4) is 0 Å². The van der Waals surface area contributed by atoms with Crippen molar-refractivity contribution in [2.24, 2.45) is 7.05 Å². The number of imidazole rings is 1. The third-order valence-electron chi connectivity index (χ3n) is 4.52. The van der Waals surface area contributed by atoms with Crippen molar-refractivity contribution in [2.75, 3.05) is 11.9 Å². The van der Waals surface area contributed by atoms with Gasteiger partial charge in [0, 0.05) is 31.6 Å². The van der Waals surface area contributed by atoms with Gasteiger partial charge < -0.3 is 9.47 Å². The van der Waals surface area contributed by atoms with Crippen molar-refractivity contribution in [3.05, 3.63) is 70.5 Å². The lowest BCUT2D eigenvalue weighted by Crippen LogP contribution is -2.20. The third kappa shape index (κ3) is 2.73. The lowest BCUT2D eigenvalue weighted by atomic mass is 10.2. The molecule has 0 spiro atoms. The van der Waals surface area contributed by atoms with Crippen LogP contribution >= 0.6 is 0 Å². The fourth-order valence-corrected chi connectivity index (χ4v) is 3.06. The van der Waals surface area contributed by atoms with Gasteiger partial charge in [0.2, 0.25) is 0 Å². The zero-order valence-electron chi connectivity index (χ0n) is 14.5. The van der Waals surface area contributed by atoms with Crippen LogP contribution in [0.5, 0.6) is 0 Å². The predicted octanol–water partition coefficient (Wildman–Crippen LogP) is 3.67. The number of hydrogen-bond acceptors (Lipinski definition) is 5. The summed E-state index contributed by atoms with van der Waals surface area (Å²) in [5, 5.41) is 11.6. The van der Waals surface area contributed by atoms with E-state index >= 15 is 0 Å². The molecule has 0 atom stereocenters. The first-order chi connectivity index (χ1) is 12.5. The van der Waals surface area contributed by atoms with Crippen LogP contribution in [0.2, 0.25) is 0 Å². The van der Waals surface area contributed by atoms with E-state index in [1.165, 1.54) is 12.1 Å². The number of pyridine rings is 1. The van der Waals surface area contributed by atoms with Crippen LogP contribution in [0.4, 0.5) is 11.5 Å². The van der Waals surface area contributed by atoms with E-state index in [1.54, 1.807) is 6.07 Å². The lowest BCUT2D eigenvalue weighted by Gasteiger charge is -2.18. The van der Waals surface area contributed by atoms with Gasteiger partial charge in [-0.25, -0.2) is 9.97 Å². The minimum atomic E-state index is -0.398. The maximum absolute atomic E-state index is 10.9. The van der Waals surface area contributed by atoms with Gasteiger partial charge in [0.15, 0.2) is 0 Å². The van der Waals surface area contributed by atoms with Crippen LogP contribution in [-0.4, -0.2) is 26.5 Å². The number of nitrogens with zero attached hydrogens (tertiary/aromatic N) is 5. The molecule has 4 aromatic rings. The molecule has 2 aromatic carbocycles. The van der Waals surface area contributed by atoms with Gasteiger partial charge in [0.1, 0.15) is 11.6 Å². The first-order valence-electron chi connectivity index (χ1n) is 8.19. The second-order valence-electron chi connectivity index (χ2n) is 6.24. The number of nitro benzene ring substituents is 1. The topological polar surface area (TPSA) is 77.1 Å².